The third-order valence-corrected chi connectivity index (χ3v) is 3.74. The van der Waals surface area contributed by atoms with Gasteiger partial charge in [-0.2, -0.15) is 0 Å². The van der Waals surface area contributed by atoms with Gasteiger partial charge in [0.05, 0.1) is 0 Å². The van der Waals surface area contributed by atoms with E-state index in [1.165, 1.54) is 0 Å². The lowest BCUT2D eigenvalue weighted by molar-refractivity contribution is 0.955. The van der Waals surface area contributed by atoms with Crippen molar-refractivity contribution in [2.24, 2.45) is 0 Å². The number of alkyl halides is 2. The van der Waals surface area contributed by atoms with Crippen molar-refractivity contribution >= 4 is 45.8 Å². The van der Waals surface area contributed by atoms with Crippen LogP contribution in [0.3, 0.4) is 0 Å². The van der Waals surface area contributed by atoms with Crippen molar-refractivity contribution in [3.8, 4) is 0 Å². The minimum atomic E-state index is -0.657. The van der Waals surface area contributed by atoms with Crippen LogP contribution in [0.2, 0.25) is 0 Å². The quantitative estimate of drug-likeness (QED) is 0.469. The molecule has 0 aliphatic heterocycles. The van der Waals surface area contributed by atoms with Crippen molar-refractivity contribution in [2.45, 2.75) is 10.8 Å². The van der Waals surface area contributed by atoms with Gasteiger partial charge in [-0.1, -0.05) is 41.4 Å². The van der Waals surface area contributed by atoms with E-state index in [0.29, 0.717) is 6.42 Å². The van der Waals surface area contributed by atoms with E-state index in [0.717, 1.165) is 3.58 Å². The Morgan fingerprint density at radius 2 is 2.22 bits per heavy atom. The molecule has 0 heterocycles. The van der Waals surface area contributed by atoms with Crippen LogP contribution >= 0.6 is 45.8 Å². The Hall–Kier alpha value is 0.790. The predicted molar refractivity (Wildman–Crippen MR) is 50.3 cm³/mol. The molecule has 0 saturated carbocycles. The van der Waals surface area contributed by atoms with Gasteiger partial charge in [-0.05, 0) is 22.6 Å². The molecule has 0 aromatic rings. The zero-order chi connectivity index (χ0) is 6.91. The van der Waals surface area contributed by atoms with Crippen LogP contribution in [0, 0.1) is 0 Å². The van der Waals surface area contributed by atoms with E-state index >= 15 is 0 Å². The van der Waals surface area contributed by atoms with Crippen LogP contribution in [0.4, 0.5) is 0 Å². The van der Waals surface area contributed by atoms with Gasteiger partial charge in [0, 0.05) is 10.0 Å². The molecule has 1 rings (SSSR count). The van der Waals surface area contributed by atoms with Gasteiger partial charge < -0.3 is 0 Å². The maximum atomic E-state index is 5.86. The largest absolute Gasteiger partial charge is 0.152 e. The lowest BCUT2D eigenvalue weighted by Gasteiger charge is -2.18. The standard InChI is InChI=1S/C6H5Cl2I/c7-6(8)4-2-1-3-5(6)9/h1-3H,4H2. The van der Waals surface area contributed by atoms with Crippen LogP contribution < -0.4 is 0 Å². The third-order valence-electron chi connectivity index (χ3n) is 1.10. The van der Waals surface area contributed by atoms with Crippen molar-refractivity contribution in [3.05, 3.63) is 21.8 Å². The zero-order valence-corrected chi connectivity index (χ0v) is 8.24. The molecule has 0 bridgehead atoms. The van der Waals surface area contributed by atoms with Crippen molar-refractivity contribution in [2.75, 3.05) is 0 Å². The lowest BCUT2D eigenvalue weighted by Crippen LogP contribution is -2.12. The second-order valence-electron chi connectivity index (χ2n) is 1.85. The molecular formula is C6H5Cl2I. The topological polar surface area (TPSA) is 0 Å². The smallest absolute Gasteiger partial charge is 0.0955 e. The van der Waals surface area contributed by atoms with Crippen LogP contribution in [0.5, 0.6) is 0 Å². The fourth-order valence-corrected chi connectivity index (χ4v) is 1.32. The van der Waals surface area contributed by atoms with Crippen LogP contribution in [0.25, 0.3) is 0 Å². The third kappa shape index (κ3) is 1.85. The molecule has 0 aromatic carbocycles. The summed E-state index contributed by atoms with van der Waals surface area (Å²) in [5.41, 5.74) is 0. The van der Waals surface area contributed by atoms with Crippen molar-refractivity contribution in [1.29, 1.82) is 0 Å². The number of hydrogen-bond acceptors (Lipinski definition) is 0. The SMILES string of the molecule is ClC1(Cl)CC=CC=C1I. The molecule has 0 N–H and O–H groups in total. The summed E-state index contributed by atoms with van der Waals surface area (Å²) in [6, 6.07) is 0. The van der Waals surface area contributed by atoms with Crippen molar-refractivity contribution < 1.29 is 0 Å². The monoisotopic (exact) mass is 274 g/mol. The maximum Gasteiger partial charge on any atom is 0.152 e. The first-order valence-corrected chi connectivity index (χ1v) is 4.37. The zero-order valence-electron chi connectivity index (χ0n) is 4.57. The Morgan fingerprint density at radius 3 is 2.56 bits per heavy atom. The highest BCUT2D eigenvalue weighted by atomic mass is 127. The summed E-state index contributed by atoms with van der Waals surface area (Å²) >= 11 is 13.9. The molecule has 3 heteroatoms. The molecule has 0 fully saturated rings. The molecule has 0 radical (unpaired) electrons. The van der Waals surface area contributed by atoms with E-state index in [4.69, 9.17) is 23.2 Å². The lowest BCUT2D eigenvalue weighted by atomic mass is 10.2. The Labute approximate surface area is 78.0 Å². The molecule has 0 spiro atoms. The normalized spacial score (nSPS) is 23.7. The van der Waals surface area contributed by atoms with E-state index in [1.54, 1.807) is 0 Å². The van der Waals surface area contributed by atoms with Gasteiger partial charge in [0.2, 0.25) is 0 Å². The molecule has 0 nitrogen and oxygen atoms in total. The molecule has 50 valence electrons. The van der Waals surface area contributed by atoms with Crippen molar-refractivity contribution in [3.63, 3.8) is 0 Å². The Balaban J connectivity index is 2.83. The molecule has 0 atom stereocenters. The van der Waals surface area contributed by atoms with Gasteiger partial charge in [0.15, 0.2) is 4.33 Å². The minimum absolute atomic E-state index is 0.657. The molecule has 0 unspecified atom stereocenters. The van der Waals surface area contributed by atoms with E-state index in [-0.39, 0.29) is 0 Å². The van der Waals surface area contributed by atoms with Gasteiger partial charge >= 0.3 is 0 Å². The Bertz CT molecular complexity index is 170. The second-order valence-corrected chi connectivity index (χ2v) is 4.50. The Kier molecular flexibility index (Phi) is 2.46. The molecule has 9 heavy (non-hydrogen) atoms. The number of rotatable bonds is 0. The number of hydrogen-bond donors (Lipinski definition) is 0. The summed E-state index contributed by atoms with van der Waals surface area (Å²) in [6.07, 6.45) is 6.56. The highest BCUT2D eigenvalue weighted by molar-refractivity contribution is 14.1. The molecular weight excluding hydrogens is 270 g/mol. The molecule has 1 aliphatic carbocycles. The fraction of sp³-hybridized carbons (Fsp3) is 0.333. The van der Waals surface area contributed by atoms with Crippen LogP contribution in [-0.4, -0.2) is 4.33 Å². The average Bonchev–Trinajstić information content (AvgIpc) is 1.77. The van der Waals surface area contributed by atoms with Gasteiger partial charge in [-0.15, -0.1) is 0 Å². The average molecular weight is 275 g/mol. The number of halogens is 3. The van der Waals surface area contributed by atoms with E-state index in [2.05, 4.69) is 22.6 Å². The van der Waals surface area contributed by atoms with Crippen LogP contribution in [0.1, 0.15) is 6.42 Å². The summed E-state index contributed by atoms with van der Waals surface area (Å²) in [5, 5.41) is 0. The van der Waals surface area contributed by atoms with E-state index in [1.807, 2.05) is 18.2 Å². The first-order chi connectivity index (χ1) is 4.13. The maximum absolute atomic E-state index is 5.86. The first-order valence-electron chi connectivity index (χ1n) is 2.53. The van der Waals surface area contributed by atoms with Crippen LogP contribution in [-0.2, 0) is 0 Å². The Morgan fingerprint density at radius 1 is 1.56 bits per heavy atom. The minimum Gasteiger partial charge on any atom is -0.0955 e. The van der Waals surface area contributed by atoms with Gasteiger partial charge in [-0.3, -0.25) is 0 Å². The summed E-state index contributed by atoms with van der Waals surface area (Å²) in [5.74, 6) is 0. The van der Waals surface area contributed by atoms with Crippen LogP contribution in [0.15, 0.2) is 21.8 Å². The summed E-state index contributed by atoms with van der Waals surface area (Å²) in [7, 11) is 0. The summed E-state index contributed by atoms with van der Waals surface area (Å²) < 4.78 is 0.334. The predicted octanol–water partition coefficient (Wildman–Crippen LogP) is 3.44. The van der Waals surface area contributed by atoms with E-state index < -0.39 is 4.33 Å². The van der Waals surface area contributed by atoms with Gasteiger partial charge in [-0.25, -0.2) is 0 Å². The summed E-state index contributed by atoms with van der Waals surface area (Å²) in [4.78, 5) is 0. The van der Waals surface area contributed by atoms with Crippen molar-refractivity contribution in [1.82, 2.24) is 0 Å². The first kappa shape index (κ1) is 7.89. The van der Waals surface area contributed by atoms with E-state index in [9.17, 15) is 0 Å². The molecule has 0 aromatic heterocycles. The fourth-order valence-electron chi connectivity index (χ4n) is 0.588. The molecule has 0 amide bonds. The van der Waals surface area contributed by atoms with Gasteiger partial charge in [0.25, 0.3) is 0 Å². The molecule has 1 aliphatic rings. The highest BCUT2D eigenvalue weighted by Crippen LogP contribution is 2.39. The highest BCUT2D eigenvalue weighted by Gasteiger charge is 2.26. The second kappa shape index (κ2) is 2.81. The van der Waals surface area contributed by atoms with Gasteiger partial charge in [0.1, 0.15) is 0 Å². The summed E-state index contributed by atoms with van der Waals surface area (Å²) in [6.45, 7) is 0. The number of allylic oxidation sites excluding steroid dienone is 4. The molecule has 0 saturated heterocycles.